The van der Waals surface area contributed by atoms with Crippen LogP contribution in [0, 0.1) is 5.41 Å². The molecule has 1 aliphatic rings. The number of nitrogens with two attached hydrogens (primary N) is 1. The molecule has 1 fully saturated rings. The van der Waals surface area contributed by atoms with E-state index in [-0.39, 0.29) is 12.6 Å². The van der Waals surface area contributed by atoms with Gasteiger partial charge in [-0.1, -0.05) is 13.8 Å². The highest BCUT2D eigenvalue weighted by Gasteiger charge is 2.34. The molecule has 3 nitrogen and oxygen atoms in total. The van der Waals surface area contributed by atoms with Gasteiger partial charge in [0.05, 0.1) is 6.61 Å². The van der Waals surface area contributed by atoms with Gasteiger partial charge in [-0.05, 0) is 44.2 Å². The van der Waals surface area contributed by atoms with Gasteiger partial charge in [0, 0.05) is 12.6 Å². The summed E-state index contributed by atoms with van der Waals surface area (Å²) in [5, 5.41) is 8.86. The Morgan fingerprint density at radius 2 is 2.07 bits per heavy atom. The molecular formula is C12H26N2O. The van der Waals surface area contributed by atoms with Gasteiger partial charge in [0.15, 0.2) is 0 Å². The van der Waals surface area contributed by atoms with Gasteiger partial charge >= 0.3 is 0 Å². The molecule has 15 heavy (non-hydrogen) atoms. The second-order valence-electron chi connectivity index (χ2n) is 4.96. The van der Waals surface area contributed by atoms with E-state index in [0.29, 0.717) is 5.41 Å². The Balaban J connectivity index is 2.30. The molecule has 0 bridgehead atoms. The van der Waals surface area contributed by atoms with Crippen LogP contribution in [0.4, 0.5) is 0 Å². The first-order chi connectivity index (χ1) is 7.15. The number of aliphatic hydroxyl groups excluding tert-OH is 1. The van der Waals surface area contributed by atoms with Crippen molar-refractivity contribution in [1.29, 1.82) is 0 Å². The number of likely N-dealkylation sites (tertiary alicyclic amines) is 1. The fourth-order valence-electron chi connectivity index (χ4n) is 2.49. The van der Waals surface area contributed by atoms with Gasteiger partial charge in [-0.15, -0.1) is 0 Å². The molecule has 0 aliphatic carbocycles. The highest BCUT2D eigenvalue weighted by Crippen LogP contribution is 2.36. The van der Waals surface area contributed by atoms with Gasteiger partial charge in [0.1, 0.15) is 0 Å². The van der Waals surface area contributed by atoms with E-state index in [1.807, 2.05) is 0 Å². The van der Waals surface area contributed by atoms with Crippen molar-refractivity contribution in [3.05, 3.63) is 0 Å². The Bertz CT molecular complexity index is 180. The minimum Gasteiger partial charge on any atom is -0.395 e. The molecule has 0 aromatic carbocycles. The lowest BCUT2D eigenvalue weighted by Crippen LogP contribution is -2.33. The molecule has 1 rings (SSSR count). The molecule has 1 aliphatic heterocycles. The smallest absolute Gasteiger partial charge is 0.0583 e. The van der Waals surface area contributed by atoms with Gasteiger partial charge in [-0.25, -0.2) is 0 Å². The summed E-state index contributed by atoms with van der Waals surface area (Å²) in [5.41, 5.74) is 6.27. The molecule has 90 valence electrons. The lowest BCUT2D eigenvalue weighted by molar-refractivity contribution is 0.217. The topological polar surface area (TPSA) is 49.5 Å². The summed E-state index contributed by atoms with van der Waals surface area (Å²) in [7, 11) is 0. The highest BCUT2D eigenvalue weighted by molar-refractivity contribution is 4.88. The van der Waals surface area contributed by atoms with Gasteiger partial charge in [-0.3, -0.25) is 0 Å². The average Bonchev–Trinajstić information content (AvgIpc) is 2.70. The first kappa shape index (κ1) is 12.9. The lowest BCUT2D eigenvalue weighted by atomic mass is 9.82. The molecule has 0 spiro atoms. The van der Waals surface area contributed by atoms with Crippen molar-refractivity contribution >= 4 is 0 Å². The molecule has 1 saturated heterocycles. The SMILES string of the molecule is CCC1(CC)CCN(CCC(N)CO)C1. The molecule has 0 radical (unpaired) electrons. The fraction of sp³-hybridized carbons (Fsp3) is 1.00. The quantitative estimate of drug-likeness (QED) is 0.698. The molecule has 0 aromatic rings. The van der Waals surface area contributed by atoms with E-state index < -0.39 is 0 Å². The molecule has 1 atom stereocenters. The number of nitrogens with zero attached hydrogens (tertiary/aromatic N) is 1. The number of rotatable bonds is 6. The third-order valence-electron chi connectivity index (χ3n) is 4.07. The van der Waals surface area contributed by atoms with E-state index in [4.69, 9.17) is 10.8 Å². The molecule has 0 aromatic heterocycles. The third-order valence-corrected chi connectivity index (χ3v) is 4.07. The standard InChI is InChI=1S/C12H26N2O/c1-3-12(4-2)6-8-14(10-12)7-5-11(13)9-15/h11,15H,3-10,13H2,1-2H3. The summed E-state index contributed by atoms with van der Waals surface area (Å²) >= 11 is 0. The van der Waals surface area contributed by atoms with E-state index in [0.717, 1.165) is 13.0 Å². The predicted octanol–water partition coefficient (Wildman–Crippen LogP) is 1.21. The minimum atomic E-state index is -0.0387. The van der Waals surface area contributed by atoms with Gasteiger partial charge in [-0.2, -0.15) is 0 Å². The van der Waals surface area contributed by atoms with E-state index in [2.05, 4.69) is 18.7 Å². The Morgan fingerprint density at radius 3 is 2.53 bits per heavy atom. The van der Waals surface area contributed by atoms with Crippen LogP contribution in [-0.2, 0) is 0 Å². The van der Waals surface area contributed by atoms with Crippen molar-refractivity contribution < 1.29 is 5.11 Å². The second-order valence-corrected chi connectivity index (χ2v) is 4.96. The number of hydrogen-bond donors (Lipinski definition) is 2. The number of hydrogen-bond acceptors (Lipinski definition) is 3. The molecule has 0 amide bonds. The largest absolute Gasteiger partial charge is 0.395 e. The highest BCUT2D eigenvalue weighted by atomic mass is 16.3. The van der Waals surface area contributed by atoms with Crippen molar-refractivity contribution in [3.63, 3.8) is 0 Å². The van der Waals surface area contributed by atoms with Crippen molar-refractivity contribution in [1.82, 2.24) is 4.90 Å². The molecular weight excluding hydrogens is 188 g/mol. The van der Waals surface area contributed by atoms with Crippen molar-refractivity contribution in [2.75, 3.05) is 26.2 Å². The molecule has 3 heteroatoms. The lowest BCUT2D eigenvalue weighted by Gasteiger charge is -2.26. The summed E-state index contributed by atoms with van der Waals surface area (Å²) in [6.45, 7) is 8.18. The van der Waals surface area contributed by atoms with E-state index >= 15 is 0 Å². The Labute approximate surface area is 93.6 Å². The second kappa shape index (κ2) is 5.83. The Hall–Kier alpha value is -0.120. The maximum atomic E-state index is 8.86. The summed E-state index contributed by atoms with van der Waals surface area (Å²) in [4.78, 5) is 2.50. The van der Waals surface area contributed by atoms with E-state index in [1.165, 1.54) is 32.4 Å². The van der Waals surface area contributed by atoms with Gasteiger partial charge in [0.25, 0.3) is 0 Å². The minimum absolute atomic E-state index is 0.0387. The zero-order valence-corrected chi connectivity index (χ0v) is 10.2. The van der Waals surface area contributed by atoms with Crippen LogP contribution in [0.1, 0.15) is 39.5 Å². The van der Waals surface area contributed by atoms with E-state index in [1.54, 1.807) is 0 Å². The number of aliphatic hydroxyl groups is 1. The van der Waals surface area contributed by atoms with Crippen molar-refractivity contribution in [2.45, 2.75) is 45.6 Å². The summed E-state index contributed by atoms with van der Waals surface area (Å²) in [6, 6.07) is -0.0387. The van der Waals surface area contributed by atoms with Crippen LogP contribution in [0.15, 0.2) is 0 Å². The maximum absolute atomic E-state index is 8.86. The molecule has 1 heterocycles. The molecule has 1 unspecified atom stereocenters. The molecule has 3 N–H and O–H groups in total. The van der Waals surface area contributed by atoms with Crippen molar-refractivity contribution in [3.8, 4) is 0 Å². The summed E-state index contributed by atoms with van der Waals surface area (Å²) in [6.07, 6.45) is 4.81. The summed E-state index contributed by atoms with van der Waals surface area (Å²) < 4.78 is 0. The van der Waals surface area contributed by atoms with Crippen LogP contribution < -0.4 is 5.73 Å². The summed E-state index contributed by atoms with van der Waals surface area (Å²) in [5.74, 6) is 0. The Morgan fingerprint density at radius 1 is 1.40 bits per heavy atom. The van der Waals surface area contributed by atoms with Crippen LogP contribution in [0.2, 0.25) is 0 Å². The van der Waals surface area contributed by atoms with E-state index in [9.17, 15) is 0 Å². The maximum Gasteiger partial charge on any atom is 0.0583 e. The third kappa shape index (κ3) is 3.44. The van der Waals surface area contributed by atoms with Crippen LogP contribution in [0.25, 0.3) is 0 Å². The first-order valence-corrected chi connectivity index (χ1v) is 6.24. The predicted molar refractivity (Wildman–Crippen MR) is 63.8 cm³/mol. The molecule has 0 saturated carbocycles. The van der Waals surface area contributed by atoms with Gasteiger partial charge in [0.2, 0.25) is 0 Å². The normalized spacial score (nSPS) is 23.2. The van der Waals surface area contributed by atoms with Crippen LogP contribution >= 0.6 is 0 Å². The first-order valence-electron chi connectivity index (χ1n) is 6.24. The van der Waals surface area contributed by atoms with Crippen LogP contribution in [0.3, 0.4) is 0 Å². The van der Waals surface area contributed by atoms with Crippen molar-refractivity contribution in [2.24, 2.45) is 11.1 Å². The zero-order chi connectivity index (χ0) is 11.3. The fourth-order valence-corrected chi connectivity index (χ4v) is 2.49. The Kier molecular flexibility index (Phi) is 5.03. The van der Waals surface area contributed by atoms with Gasteiger partial charge < -0.3 is 15.7 Å². The zero-order valence-electron chi connectivity index (χ0n) is 10.2. The monoisotopic (exact) mass is 214 g/mol. The average molecular weight is 214 g/mol. The van der Waals surface area contributed by atoms with Crippen LogP contribution in [-0.4, -0.2) is 42.3 Å². The van der Waals surface area contributed by atoms with Crippen LogP contribution in [0.5, 0.6) is 0 Å².